The Kier molecular flexibility index (Phi) is 8.06. The molecule has 0 aromatic heterocycles. The van der Waals surface area contributed by atoms with E-state index in [9.17, 15) is 0 Å². The van der Waals surface area contributed by atoms with E-state index in [1.54, 1.807) is 7.11 Å². The van der Waals surface area contributed by atoms with Crippen molar-refractivity contribution in [1.82, 2.24) is 5.32 Å². The smallest absolute Gasteiger partial charge is 0.0464 e. The van der Waals surface area contributed by atoms with Crippen molar-refractivity contribution < 1.29 is 4.74 Å². The minimum atomic E-state index is 0.358. The van der Waals surface area contributed by atoms with E-state index < -0.39 is 0 Å². The molecule has 0 rings (SSSR count). The molecule has 0 radical (unpaired) electrons. The van der Waals surface area contributed by atoms with E-state index >= 15 is 0 Å². The topological polar surface area (TPSA) is 21.3 Å². The summed E-state index contributed by atoms with van der Waals surface area (Å²) in [5, 5.41) is 3.61. The van der Waals surface area contributed by atoms with E-state index in [-0.39, 0.29) is 0 Å². The van der Waals surface area contributed by atoms with Gasteiger partial charge in [-0.1, -0.05) is 41.5 Å². The standard InChI is InChI=1S/C15H33NO/c1-12(2)10-16-11-14(15(4,5)6)13(3)8-9-17-7/h12-14,16H,8-11H2,1-7H3. The Labute approximate surface area is 109 Å². The summed E-state index contributed by atoms with van der Waals surface area (Å²) in [5.41, 5.74) is 0.358. The zero-order valence-corrected chi connectivity index (χ0v) is 13.0. The molecule has 0 fully saturated rings. The third kappa shape index (κ3) is 7.77. The van der Waals surface area contributed by atoms with Crippen LogP contribution < -0.4 is 5.32 Å². The molecule has 0 spiro atoms. The van der Waals surface area contributed by atoms with Crippen molar-refractivity contribution in [2.75, 3.05) is 26.8 Å². The summed E-state index contributed by atoms with van der Waals surface area (Å²) in [6, 6.07) is 0. The maximum atomic E-state index is 5.20. The van der Waals surface area contributed by atoms with Crippen LogP contribution in [-0.4, -0.2) is 26.8 Å². The number of rotatable bonds is 8. The van der Waals surface area contributed by atoms with E-state index in [0.29, 0.717) is 17.3 Å². The molecule has 0 aliphatic heterocycles. The van der Waals surface area contributed by atoms with Gasteiger partial charge in [0.2, 0.25) is 0 Å². The molecular weight excluding hydrogens is 210 g/mol. The van der Waals surface area contributed by atoms with Crippen LogP contribution in [0, 0.1) is 23.2 Å². The highest BCUT2D eigenvalue weighted by molar-refractivity contribution is 4.80. The summed E-state index contributed by atoms with van der Waals surface area (Å²) >= 11 is 0. The lowest BCUT2D eigenvalue weighted by atomic mass is 9.72. The molecule has 0 amide bonds. The van der Waals surface area contributed by atoms with Gasteiger partial charge in [-0.3, -0.25) is 0 Å². The highest BCUT2D eigenvalue weighted by Crippen LogP contribution is 2.33. The van der Waals surface area contributed by atoms with Gasteiger partial charge in [-0.2, -0.15) is 0 Å². The summed E-state index contributed by atoms with van der Waals surface area (Å²) in [6.07, 6.45) is 1.15. The van der Waals surface area contributed by atoms with Gasteiger partial charge in [0, 0.05) is 13.7 Å². The Hall–Kier alpha value is -0.0800. The molecule has 0 saturated heterocycles. The molecule has 0 saturated carbocycles. The first-order chi connectivity index (χ1) is 7.79. The normalized spacial score (nSPS) is 16.2. The Bertz CT molecular complexity index is 184. The third-order valence-corrected chi connectivity index (χ3v) is 3.49. The average Bonchev–Trinajstić information content (AvgIpc) is 2.18. The van der Waals surface area contributed by atoms with E-state index in [1.165, 1.54) is 0 Å². The van der Waals surface area contributed by atoms with Gasteiger partial charge in [0.1, 0.15) is 0 Å². The summed E-state index contributed by atoms with van der Waals surface area (Å²) in [4.78, 5) is 0. The van der Waals surface area contributed by atoms with Crippen LogP contribution in [0.15, 0.2) is 0 Å². The van der Waals surface area contributed by atoms with Crippen LogP contribution in [0.4, 0.5) is 0 Å². The average molecular weight is 243 g/mol. The molecule has 2 atom stereocenters. The Morgan fingerprint density at radius 1 is 1.06 bits per heavy atom. The molecule has 0 bridgehead atoms. The number of methoxy groups -OCH3 is 1. The van der Waals surface area contributed by atoms with E-state index in [4.69, 9.17) is 4.74 Å². The second kappa shape index (κ2) is 8.10. The minimum absolute atomic E-state index is 0.358. The van der Waals surface area contributed by atoms with Crippen molar-refractivity contribution in [3.8, 4) is 0 Å². The lowest BCUT2D eigenvalue weighted by molar-refractivity contribution is 0.117. The molecule has 17 heavy (non-hydrogen) atoms. The van der Waals surface area contributed by atoms with Crippen LogP contribution in [0.25, 0.3) is 0 Å². The first kappa shape index (κ1) is 16.9. The molecule has 2 nitrogen and oxygen atoms in total. The SMILES string of the molecule is COCCC(C)C(CNCC(C)C)C(C)(C)C. The van der Waals surface area contributed by atoms with Crippen LogP contribution in [-0.2, 0) is 4.74 Å². The van der Waals surface area contributed by atoms with Crippen molar-refractivity contribution >= 4 is 0 Å². The van der Waals surface area contributed by atoms with Gasteiger partial charge in [0.25, 0.3) is 0 Å². The van der Waals surface area contributed by atoms with Crippen LogP contribution in [0.2, 0.25) is 0 Å². The van der Waals surface area contributed by atoms with Gasteiger partial charge >= 0.3 is 0 Å². The second-order valence-corrected chi connectivity index (χ2v) is 6.78. The van der Waals surface area contributed by atoms with Gasteiger partial charge < -0.3 is 10.1 Å². The molecule has 1 N–H and O–H groups in total. The molecule has 0 aromatic rings. The van der Waals surface area contributed by atoms with Crippen LogP contribution >= 0.6 is 0 Å². The maximum absolute atomic E-state index is 5.20. The van der Waals surface area contributed by atoms with Gasteiger partial charge in [-0.05, 0) is 42.7 Å². The Balaban J connectivity index is 4.23. The van der Waals surface area contributed by atoms with E-state index in [1.807, 2.05) is 0 Å². The highest BCUT2D eigenvalue weighted by Gasteiger charge is 2.28. The monoisotopic (exact) mass is 243 g/mol. The lowest BCUT2D eigenvalue weighted by Crippen LogP contribution is -2.37. The van der Waals surface area contributed by atoms with Gasteiger partial charge in [0.05, 0.1) is 0 Å². The van der Waals surface area contributed by atoms with Crippen molar-refractivity contribution in [3.63, 3.8) is 0 Å². The first-order valence-corrected chi connectivity index (χ1v) is 6.98. The second-order valence-electron chi connectivity index (χ2n) is 6.78. The zero-order valence-electron chi connectivity index (χ0n) is 13.0. The molecule has 104 valence electrons. The fraction of sp³-hybridized carbons (Fsp3) is 1.00. The first-order valence-electron chi connectivity index (χ1n) is 6.98. The quantitative estimate of drug-likeness (QED) is 0.704. The fourth-order valence-corrected chi connectivity index (χ4v) is 2.39. The van der Waals surface area contributed by atoms with E-state index in [2.05, 4.69) is 46.9 Å². The van der Waals surface area contributed by atoms with Crippen molar-refractivity contribution in [3.05, 3.63) is 0 Å². The number of nitrogens with one attached hydrogen (secondary N) is 1. The number of hydrogen-bond acceptors (Lipinski definition) is 2. The Morgan fingerprint density at radius 3 is 2.06 bits per heavy atom. The summed E-state index contributed by atoms with van der Waals surface area (Å²) < 4.78 is 5.20. The van der Waals surface area contributed by atoms with Crippen LogP contribution in [0.1, 0.15) is 48.0 Å². The molecule has 2 heteroatoms. The summed E-state index contributed by atoms with van der Waals surface area (Å²) in [5.74, 6) is 2.14. The third-order valence-electron chi connectivity index (χ3n) is 3.49. The number of ether oxygens (including phenoxy) is 1. The highest BCUT2D eigenvalue weighted by atomic mass is 16.5. The maximum Gasteiger partial charge on any atom is 0.0464 e. The predicted octanol–water partition coefficient (Wildman–Crippen LogP) is 3.57. The molecule has 0 aliphatic carbocycles. The van der Waals surface area contributed by atoms with Gasteiger partial charge in [0.15, 0.2) is 0 Å². The predicted molar refractivity (Wildman–Crippen MR) is 76.3 cm³/mol. The van der Waals surface area contributed by atoms with Crippen molar-refractivity contribution in [1.29, 1.82) is 0 Å². The van der Waals surface area contributed by atoms with Gasteiger partial charge in [-0.15, -0.1) is 0 Å². The molecule has 0 heterocycles. The van der Waals surface area contributed by atoms with Crippen molar-refractivity contribution in [2.24, 2.45) is 23.2 Å². The summed E-state index contributed by atoms with van der Waals surface area (Å²) in [6.45, 7) is 17.0. The lowest BCUT2D eigenvalue weighted by Gasteiger charge is -2.36. The zero-order chi connectivity index (χ0) is 13.5. The largest absolute Gasteiger partial charge is 0.385 e. The van der Waals surface area contributed by atoms with Gasteiger partial charge in [-0.25, -0.2) is 0 Å². The molecule has 0 aliphatic rings. The molecule has 0 aromatic carbocycles. The van der Waals surface area contributed by atoms with Crippen LogP contribution in [0.3, 0.4) is 0 Å². The summed E-state index contributed by atoms with van der Waals surface area (Å²) in [7, 11) is 1.79. The molecular formula is C15H33NO. The van der Waals surface area contributed by atoms with E-state index in [0.717, 1.165) is 32.0 Å². The number of hydrogen-bond donors (Lipinski definition) is 1. The molecule has 2 unspecified atom stereocenters. The van der Waals surface area contributed by atoms with Crippen molar-refractivity contribution in [2.45, 2.75) is 48.0 Å². The van der Waals surface area contributed by atoms with Crippen LogP contribution in [0.5, 0.6) is 0 Å². The fourth-order valence-electron chi connectivity index (χ4n) is 2.39. The Morgan fingerprint density at radius 2 is 1.65 bits per heavy atom. The minimum Gasteiger partial charge on any atom is -0.385 e.